The third-order valence-electron chi connectivity index (χ3n) is 2.04. The molecule has 0 amide bonds. The van der Waals surface area contributed by atoms with Crippen molar-refractivity contribution in [2.24, 2.45) is 0 Å². The molecule has 0 atom stereocenters. The summed E-state index contributed by atoms with van der Waals surface area (Å²) in [6.45, 7) is 1.52. The van der Waals surface area contributed by atoms with E-state index in [1.165, 1.54) is 13.0 Å². The molecule has 5 heteroatoms. The van der Waals surface area contributed by atoms with Crippen molar-refractivity contribution >= 4 is 17.6 Å². The van der Waals surface area contributed by atoms with Crippen molar-refractivity contribution in [1.82, 2.24) is 14.8 Å². The van der Waals surface area contributed by atoms with Gasteiger partial charge in [0.2, 0.25) is 0 Å². The van der Waals surface area contributed by atoms with E-state index in [0.717, 1.165) is 5.52 Å². The van der Waals surface area contributed by atoms with Gasteiger partial charge in [-0.25, -0.2) is 9.31 Å². The maximum absolute atomic E-state index is 10.6. The molecule has 0 fully saturated rings. The van der Waals surface area contributed by atoms with Crippen LogP contribution in [-0.2, 0) is 4.79 Å². The molecule has 1 N–H and O–H groups in total. The van der Waals surface area contributed by atoms with Gasteiger partial charge in [0.05, 0.1) is 5.52 Å². The van der Waals surface area contributed by atoms with E-state index in [4.69, 9.17) is 5.11 Å². The lowest BCUT2D eigenvalue weighted by Gasteiger charge is -1.92. The molecule has 2 aromatic rings. The van der Waals surface area contributed by atoms with Gasteiger partial charge in [-0.05, 0) is 25.1 Å². The lowest BCUT2D eigenvalue weighted by molar-refractivity contribution is -0.132. The molecule has 0 saturated carbocycles. The number of aromatic nitrogens is 3. The SMILES string of the molecule is C/C(=C/c1nnn2ccccc12)C(=O)O. The van der Waals surface area contributed by atoms with Crippen LogP contribution in [0.4, 0.5) is 0 Å². The number of rotatable bonds is 2. The quantitative estimate of drug-likeness (QED) is 0.745. The van der Waals surface area contributed by atoms with E-state index in [-0.39, 0.29) is 5.57 Å². The van der Waals surface area contributed by atoms with E-state index >= 15 is 0 Å². The summed E-state index contributed by atoms with van der Waals surface area (Å²) in [6, 6.07) is 5.52. The summed E-state index contributed by atoms with van der Waals surface area (Å²) in [5.74, 6) is -0.952. The topological polar surface area (TPSA) is 67.5 Å². The van der Waals surface area contributed by atoms with Crippen molar-refractivity contribution < 1.29 is 9.90 Å². The molecular weight excluding hydrogens is 194 g/mol. The van der Waals surface area contributed by atoms with Gasteiger partial charge in [0, 0.05) is 11.8 Å². The maximum Gasteiger partial charge on any atom is 0.331 e. The number of carbonyl (C=O) groups is 1. The van der Waals surface area contributed by atoms with E-state index < -0.39 is 5.97 Å². The molecule has 76 valence electrons. The van der Waals surface area contributed by atoms with Gasteiger partial charge >= 0.3 is 5.97 Å². The molecule has 0 aromatic carbocycles. The van der Waals surface area contributed by atoms with Gasteiger partial charge in [0.25, 0.3) is 0 Å². The lowest BCUT2D eigenvalue weighted by Crippen LogP contribution is -1.95. The first-order chi connectivity index (χ1) is 7.18. The number of hydrogen-bond acceptors (Lipinski definition) is 3. The Bertz CT molecular complexity index is 542. The highest BCUT2D eigenvalue weighted by molar-refractivity contribution is 5.92. The largest absolute Gasteiger partial charge is 0.478 e. The van der Waals surface area contributed by atoms with Gasteiger partial charge < -0.3 is 5.11 Å². The van der Waals surface area contributed by atoms with Crippen molar-refractivity contribution in [3.63, 3.8) is 0 Å². The summed E-state index contributed by atoms with van der Waals surface area (Å²) >= 11 is 0. The zero-order chi connectivity index (χ0) is 10.8. The summed E-state index contributed by atoms with van der Waals surface area (Å²) < 4.78 is 1.60. The Labute approximate surface area is 85.7 Å². The monoisotopic (exact) mass is 203 g/mol. The van der Waals surface area contributed by atoms with E-state index in [0.29, 0.717) is 5.69 Å². The molecule has 0 aliphatic heterocycles. The summed E-state index contributed by atoms with van der Waals surface area (Å²) in [5, 5.41) is 16.5. The predicted molar refractivity (Wildman–Crippen MR) is 54.3 cm³/mol. The Morgan fingerprint density at radius 1 is 1.53 bits per heavy atom. The van der Waals surface area contributed by atoms with Crippen LogP contribution >= 0.6 is 0 Å². The molecule has 0 radical (unpaired) electrons. The average molecular weight is 203 g/mol. The Morgan fingerprint density at radius 3 is 3.07 bits per heavy atom. The molecule has 2 heterocycles. The summed E-state index contributed by atoms with van der Waals surface area (Å²) in [6.07, 6.45) is 3.26. The molecule has 2 rings (SSSR count). The third kappa shape index (κ3) is 1.71. The molecular formula is C10H9N3O2. The fourth-order valence-corrected chi connectivity index (χ4v) is 1.23. The number of nitrogens with zero attached hydrogens (tertiary/aromatic N) is 3. The second-order valence-electron chi connectivity index (χ2n) is 3.14. The van der Waals surface area contributed by atoms with Gasteiger partial charge in [0.15, 0.2) is 0 Å². The molecule has 2 aromatic heterocycles. The van der Waals surface area contributed by atoms with Crippen molar-refractivity contribution in [2.75, 3.05) is 0 Å². The second-order valence-corrected chi connectivity index (χ2v) is 3.14. The number of carboxylic acid groups (broad SMARTS) is 1. The van der Waals surface area contributed by atoms with Crippen LogP contribution in [0.1, 0.15) is 12.6 Å². The third-order valence-corrected chi connectivity index (χ3v) is 2.04. The van der Waals surface area contributed by atoms with Crippen LogP contribution < -0.4 is 0 Å². The predicted octanol–water partition coefficient (Wildman–Crippen LogP) is 1.22. The van der Waals surface area contributed by atoms with Gasteiger partial charge in [-0.15, -0.1) is 5.10 Å². The molecule has 0 spiro atoms. The lowest BCUT2D eigenvalue weighted by atomic mass is 10.2. The highest BCUT2D eigenvalue weighted by Gasteiger charge is 2.05. The first kappa shape index (κ1) is 9.39. The van der Waals surface area contributed by atoms with Gasteiger partial charge in [-0.3, -0.25) is 0 Å². The molecule has 15 heavy (non-hydrogen) atoms. The van der Waals surface area contributed by atoms with Gasteiger partial charge in [-0.1, -0.05) is 11.3 Å². The number of aliphatic carboxylic acids is 1. The first-order valence-electron chi connectivity index (χ1n) is 4.40. The molecule has 0 saturated heterocycles. The smallest absolute Gasteiger partial charge is 0.331 e. The van der Waals surface area contributed by atoms with Crippen LogP contribution in [0.5, 0.6) is 0 Å². The van der Waals surface area contributed by atoms with E-state index in [2.05, 4.69) is 10.3 Å². The van der Waals surface area contributed by atoms with Gasteiger partial charge in [0.1, 0.15) is 5.69 Å². The minimum atomic E-state index is -0.952. The fraction of sp³-hybridized carbons (Fsp3) is 0.100. The minimum Gasteiger partial charge on any atom is -0.478 e. The van der Waals surface area contributed by atoms with Crippen molar-refractivity contribution in [1.29, 1.82) is 0 Å². The van der Waals surface area contributed by atoms with Crippen molar-refractivity contribution in [3.8, 4) is 0 Å². The van der Waals surface area contributed by atoms with Crippen molar-refractivity contribution in [3.05, 3.63) is 35.7 Å². The summed E-state index contributed by atoms with van der Waals surface area (Å²) in [5.41, 5.74) is 1.59. The maximum atomic E-state index is 10.6. The number of fused-ring (bicyclic) bond motifs is 1. The van der Waals surface area contributed by atoms with E-state index in [1.54, 1.807) is 10.7 Å². The number of hydrogen-bond donors (Lipinski definition) is 1. The van der Waals surface area contributed by atoms with E-state index in [1.807, 2.05) is 18.2 Å². The highest BCUT2D eigenvalue weighted by Crippen LogP contribution is 2.10. The zero-order valence-corrected chi connectivity index (χ0v) is 8.08. The summed E-state index contributed by atoms with van der Waals surface area (Å²) in [7, 11) is 0. The molecule has 5 nitrogen and oxygen atoms in total. The minimum absolute atomic E-state index is 0.237. The van der Waals surface area contributed by atoms with Crippen LogP contribution in [0.15, 0.2) is 30.0 Å². The van der Waals surface area contributed by atoms with Crippen LogP contribution in [-0.4, -0.2) is 25.9 Å². The van der Waals surface area contributed by atoms with Crippen molar-refractivity contribution in [2.45, 2.75) is 6.92 Å². The second kappa shape index (κ2) is 3.53. The Kier molecular flexibility index (Phi) is 2.21. The summed E-state index contributed by atoms with van der Waals surface area (Å²) in [4.78, 5) is 10.6. The highest BCUT2D eigenvalue weighted by atomic mass is 16.4. The normalized spacial score (nSPS) is 11.9. The Morgan fingerprint density at radius 2 is 2.33 bits per heavy atom. The molecule has 0 bridgehead atoms. The van der Waals surface area contributed by atoms with E-state index in [9.17, 15) is 4.79 Å². The van der Waals surface area contributed by atoms with Crippen LogP contribution in [0.2, 0.25) is 0 Å². The Balaban J connectivity index is 2.54. The Hall–Kier alpha value is -2.17. The van der Waals surface area contributed by atoms with Gasteiger partial charge in [-0.2, -0.15) is 0 Å². The standard InChI is InChI=1S/C10H9N3O2/c1-7(10(14)15)6-8-9-4-2-3-5-13(9)12-11-8/h2-6H,1H3,(H,14,15)/b7-6-. The number of carboxylic acids is 1. The van der Waals surface area contributed by atoms with Crippen LogP contribution in [0, 0.1) is 0 Å². The van der Waals surface area contributed by atoms with Crippen LogP contribution in [0.3, 0.4) is 0 Å². The molecule has 0 aliphatic carbocycles. The zero-order valence-electron chi connectivity index (χ0n) is 8.08. The molecule has 0 unspecified atom stereocenters. The number of pyridine rings is 1. The fourth-order valence-electron chi connectivity index (χ4n) is 1.23. The first-order valence-corrected chi connectivity index (χ1v) is 4.40. The molecule has 0 aliphatic rings. The van der Waals surface area contributed by atoms with Crippen LogP contribution in [0.25, 0.3) is 11.6 Å². The average Bonchev–Trinajstić information content (AvgIpc) is 2.62.